The van der Waals surface area contributed by atoms with Crippen molar-refractivity contribution in [2.45, 2.75) is 13.3 Å². The maximum atomic E-state index is 12.0. The molecular weight excluding hydrogens is 272 g/mol. The van der Waals surface area contributed by atoms with Gasteiger partial charge in [0.25, 0.3) is 5.91 Å². The number of carbonyl (C=O) groups is 1. The standard InChI is InChI=1S/C14H14N4OS/c1-2-5-16-11-4-3-10(7-15)6-12(11)18-14(19)13-8-20-9-17-13/h3-4,6,8-9,16H,2,5H2,1H3,(H,18,19). The third-order valence-electron chi connectivity index (χ3n) is 2.63. The summed E-state index contributed by atoms with van der Waals surface area (Å²) in [7, 11) is 0. The van der Waals surface area contributed by atoms with E-state index in [0.29, 0.717) is 16.9 Å². The van der Waals surface area contributed by atoms with Gasteiger partial charge >= 0.3 is 0 Å². The van der Waals surface area contributed by atoms with E-state index in [0.717, 1.165) is 18.7 Å². The predicted molar refractivity (Wildman–Crippen MR) is 80.0 cm³/mol. The molecule has 6 heteroatoms. The number of benzene rings is 1. The van der Waals surface area contributed by atoms with Crippen LogP contribution in [0.2, 0.25) is 0 Å². The van der Waals surface area contributed by atoms with Crippen molar-refractivity contribution in [1.82, 2.24) is 4.98 Å². The first-order valence-corrected chi connectivity index (χ1v) is 7.16. The van der Waals surface area contributed by atoms with Crippen LogP contribution in [0.1, 0.15) is 29.4 Å². The van der Waals surface area contributed by atoms with Crippen molar-refractivity contribution in [3.05, 3.63) is 40.3 Å². The molecule has 0 bridgehead atoms. The van der Waals surface area contributed by atoms with Crippen LogP contribution < -0.4 is 10.6 Å². The molecule has 1 amide bonds. The molecule has 20 heavy (non-hydrogen) atoms. The minimum absolute atomic E-state index is 0.277. The molecule has 0 fully saturated rings. The van der Waals surface area contributed by atoms with Crippen LogP contribution >= 0.6 is 11.3 Å². The van der Waals surface area contributed by atoms with Gasteiger partial charge in [-0.25, -0.2) is 4.98 Å². The van der Waals surface area contributed by atoms with E-state index in [-0.39, 0.29) is 5.91 Å². The maximum Gasteiger partial charge on any atom is 0.275 e. The van der Waals surface area contributed by atoms with Gasteiger partial charge in [-0.2, -0.15) is 5.26 Å². The molecule has 2 N–H and O–H groups in total. The minimum atomic E-state index is -0.277. The first kappa shape index (κ1) is 14.0. The Hall–Kier alpha value is -2.39. The second kappa shape index (κ2) is 6.68. The average molecular weight is 286 g/mol. The van der Waals surface area contributed by atoms with Crippen molar-refractivity contribution < 1.29 is 4.79 Å². The Morgan fingerprint density at radius 2 is 2.30 bits per heavy atom. The molecule has 0 unspecified atom stereocenters. The summed E-state index contributed by atoms with van der Waals surface area (Å²) in [4.78, 5) is 16.0. The SMILES string of the molecule is CCCNc1ccc(C#N)cc1NC(=O)c1cscn1. The lowest BCUT2D eigenvalue weighted by molar-refractivity contribution is 0.102. The van der Waals surface area contributed by atoms with Gasteiger partial charge in [-0.1, -0.05) is 6.92 Å². The third kappa shape index (κ3) is 3.33. The number of thiazole rings is 1. The van der Waals surface area contributed by atoms with E-state index in [1.807, 2.05) is 0 Å². The molecule has 0 aliphatic heterocycles. The average Bonchev–Trinajstić information content (AvgIpc) is 3.00. The molecule has 5 nitrogen and oxygen atoms in total. The molecule has 1 aromatic carbocycles. The van der Waals surface area contributed by atoms with Gasteiger partial charge in [0, 0.05) is 11.9 Å². The van der Waals surface area contributed by atoms with Gasteiger partial charge in [-0.3, -0.25) is 4.79 Å². The van der Waals surface area contributed by atoms with Gasteiger partial charge < -0.3 is 10.6 Å². The van der Waals surface area contributed by atoms with Gasteiger partial charge in [0.05, 0.1) is 28.5 Å². The summed E-state index contributed by atoms with van der Waals surface area (Å²) in [6, 6.07) is 7.24. The Labute approximate surface area is 121 Å². The van der Waals surface area contributed by atoms with Crippen LogP contribution in [0.15, 0.2) is 29.1 Å². The summed E-state index contributed by atoms with van der Waals surface area (Å²) in [5.41, 5.74) is 3.88. The van der Waals surface area contributed by atoms with Crippen LogP contribution in [0.5, 0.6) is 0 Å². The third-order valence-corrected chi connectivity index (χ3v) is 3.21. The quantitative estimate of drug-likeness (QED) is 0.885. The monoisotopic (exact) mass is 286 g/mol. The summed E-state index contributed by atoms with van der Waals surface area (Å²) in [6.07, 6.45) is 0.972. The van der Waals surface area contributed by atoms with E-state index in [1.165, 1.54) is 11.3 Å². The Bertz CT molecular complexity index is 631. The molecular formula is C14H14N4OS. The number of nitrogens with zero attached hydrogens (tertiary/aromatic N) is 2. The highest BCUT2D eigenvalue weighted by atomic mass is 32.1. The second-order valence-electron chi connectivity index (χ2n) is 4.13. The molecule has 2 rings (SSSR count). The van der Waals surface area contributed by atoms with E-state index in [9.17, 15) is 4.79 Å². The summed E-state index contributed by atoms with van der Waals surface area (Å²) < 4.78 is 0. The summed E-state index contributed by atoms with van der Waals surface area (Å²) in [6.45, 7) is 2.86. The van der Waals surface area contributed by atoms with Gasteiger partial charge in [-0.15, -0.1) is 11.3 Å². The van der Waals surface area contributed by atoms with Crippen LogP contribution in [0.25, 0.3) is 0 Å². The Balaban J connectivity index is 2.23. The fraction of sp³-hybridized carbons (Fsp3) is 0.214. The lowest BCUT2D eigenvalue weighted by Crippen LogP contribution is -2.14. The number of nitriles is 1. The molecule has 0 aliphatic carbocycles. The number of rotatable bonds is 5. The molecule has 0 spiro atoms. The molecule has 1 aromatic heterocycles. The highest BCUT2D eigenvalue weighted by Crippen LogP contribution is 2.24. The summed E-state index contributed by atoms with van der Waals surface area (Å²) in [5.74, 6) is -0.277. The van der Waals surface area contributed by atoms with Gasteiger partial charge in [0.2, 0.25) is 0 Å². The fourth-order valence-electron chi connectivity index (χ4n) is 1.64. The second-order valence-corrected chi connectivity index (χ2v) is 4.85. The molecule has 0 saturated heterocycles. The first-order valence-electron chi connectivity index (χ1n) is 6.22. The molecule has 0 saturated carbocycles. The van der Waals surface area contributed by atoms with Crippen LogP contribution in [0.3, 0.4) is 0 Å². The zero-order chi connectivity index (χ0) is 14.4. The Kier molecular flexibility index (Phi) is 4.69. The zero-order valence-corrected chi connectivity index (χ0v) is 11.8. The highest BCUT2D eigenvalue weighted by molar-refractivity contribution is 7.07. The lowest BCUT2D eigenvalue weighted by Gasteiger charge is -2.12. The van der Waals surface area contributed by atoms with E-state index >= 15 is 0 Å². The first-order chi connectivity index (χ1) is 9.74. The molecule has 2 aromatic rings. The zero-order valence-electron chi connectivity index (χ0n) is 11.0. The topological polar surface area (TPSA) is 77.8 Å². The smallest absolute Gasteiger partial charge is 0.275 e. The minimum Gasteiger partial charge on any atom is -0.383 e. The number of hydrogen-bond donors (Lipinski definition) is 2. The van der Waals surface area contributed by atoms with Crippen LogP contribution in [-0.2, 0) is 0 Å². The number of aromatic nitrogens is 1. The molecule has 1 heterocycles. The van der Waals surface area contributed by atoms with Crippen LogP contribution in [0.4, 0.5) is 11.4 Å². The Morgan fingerprint density at radius 1 is 1.45 bits per heavy atom. The molecule has 0 radical (unpaired) electrons. The van der Waals surface area contributed by atoms with Crippen molar-refractivity contribution in [2.75, 3.05) is 17.2 Å². The summed E-state index contributed by atoms with van der Waals surface area (Å²) in [5, 5.41) is 16.6. The van der Waals surface area contributed by atoms with E-state index < -0.39 is 0 Å². The fourth-order valence-corrected chi connectivity index (χ4v) is 2.17. The van der Waals surface area contributed by atoms with Gasteiger partial charge in [-0.05, 0) is 24.6 Å². The van der Waals surface area contributed by atoms with E-state index in [1.54, 1.807) is 29.1 Å². The molecule has 0 atom stereocenters. The van der Waals surface area contributed by atoms with Crippen molar-refractivity contribution in [3.63, 3.8) is 0 Å². The van der Waals surface area contributed by atoms with Gasteiger partial charge in [0.1, 0.15) is 5.69 Å². The van der Waals surface area contributed by atoms with Crippen LogP contribution in [0, 0.1) is 11.3 Å². The molecule has 0 aliphatic rings. The van der Waals surface area contributed by atoms with Crippen LogP contribution in [-0.4, -0.2) is 17.4 Å². The normalized spacial score (nSPS) is 9.80. The van der Waals surface area contributed by atoms with E-state index in [4.69, 9.17) is 5.26 Å². The highest BCUT2D eigenvalue weighted by Gasteiger charge is 2.11. The van der Waals surface area contributed by atoms with E-state index in [2.05, 4.69) is 28.6 Å². The van der Waals surface area contributed by atoms with Crippen molar-refractivity contribution in [3.8, 4) is 6.07 Å². The number of nitrogens with one attached hydrogen (secondary N) is 2. The van der Waals surface area contributed by atoms with Crippen molar-refractivity contribution in [1.29, 1.82) is 5.26 Å². The van der Waals surface area contributed by atoms with Crippen molar-refractivity contribution >= 4 is 28.6 Å². The van der Waals surface area contributed by atoms with Crippen molar-refractivity contribution in [2.24, 2.45) is 0 Å². The summed E-state index contributed by atoms with van der Waals surface area (Å²) >= 11 is 1.36. The van der Waals surface area contributed by atoms with Gasteiger partial charge in [0.15, 0.2) is 0 Å². The lowest BCUT2D eigenvalue weighted by atomic mass is 10.1. The number of hydrogen-bond acceptors (Lipinski definition) is 5. The number of anilines is 2. The Morgan fingerprint density at radius 3 is 2.95 bits per heavy atom. The number of amides is 1. The maximum absolute atomic E-state index is 12.0. The predicted octanol–water partition coefficient (Wildman–Crippen LogP) is 3.09. The molecule has 102 valence electrons. The largest absolute Gasteiger partial charge is 0.383 e. The number of carbonyl (C=O) groups excluding carboxylic acids is 1.